The second kappa shape index (κ2) is 6.81. The average Bonchev–Trinajstić information content (AvgIpc) is 2.48. The SMILES string of the molecule is CC(Nc1ccc([N+](=O)[O-])cn1)C(O)Cc1ccccc1. The summed E-state index contributed by atoms with van der Waals surface area (Å²) in [5.74, 6) is 0.500. The smallest absolute Gasteiger partial charge is 0.287 e. The van der Waals surface area contributed by atoms with Crippen LogP contribution in [-0.2, 0) is 6.42 Å². The van der Waals surface area contributed by atoms with Gasteiger partial charge in [-0.15, -0.1) is 0 Å². The maximum absolute atomic E-state index is 10.6. The quantitative estimate of drug-likeness (QED) is 0.629. The molecule has 0 aliphatic heterocycles. The van der Waals surface area contributed by atoms with Crippen molar-refractivity contribution in [3.8, 4) is 0 Å². The number of nitrogens with one attached hydrogen (secondary N) is 1. The molecule has 0 radical (unpaired) electrons. The van der Waals surface area contributed by atoms with Crippen molar-refractivity contribution < 1.29 is 10.0 Å². The van der Waals surface area contributed by atoms with E-state index in [4.69, 9.17) is 0 Å². The molecule has 2 atom stereocenters. The first-order chi connectivity index (χ1) is 10.1. The van der Waals surface area contributed by atoms with Gasteiger partial charge in [0.1, 0.15) is 12.0 Å². The predicted octanol–water partition coefficient (Wildman–Crippen LogP) is 2.39. The zero-order valence-corrected chi connectivity index (χ0v) is 11.6. The van der Waals surface area contributed by atoms with Crippen LogP contribution >= 0.6 is 0 Å². The van der Waals surface area contributed by atoms with Gasteiger partial charge in [-0.2, -0.15) is 0 Å². The Morgan fingerprint density at radius 1 is 1.29 bits per heavy atom. The number of aromatic nitrogens is 1. The number of anilines is 1. The van der Waals surface area contributed by atoms with Gasteiger partial charge in [-0.3, -0.25) is 10.1 Å². The van der Waals surface area contributed by atoms with E-state index in [-0.39, 0.29) is 11.7 Å². The monoisotopic (exact) mass is 287 g/mol. The summed E-state index contributed by atoms with van der Waals surface area (Å²) in [6.45, 7) is 1.84. The standard InChI is InChI=1S/C15H17N3O3/c1-11(14(19)9-12-5-3-2-4-6-12)17-15-8-7-13(10-16-15)18(20)21/h2-8,10-11,14,19H,9H2,1H3,(H,16,17). The third-order valence-electron chi connectivity index (χ3n) is 3.20. The van der Waals surface area contributed by atoms with Gasteiger partial charge < -0.3 is 10.4 Å². The lowest BCUT2D eigenvalue weighted by Crippen LogP contribution is -2.32. The number of benzene rings is 1. The van der Waals surface area contributed by atoms with Crippen molar-refractivity contribution in [2.75, 3.05) is 5.32 Å². The van der Waals surface area contributed by atoms with Gasteiger partial charge in [-0.25, -0.2) is 4.98 Å². The molecule has 0 saturated carbocycles. The number of nitrogens with zero attached hydrogens (tertiary/aromatic N) is 2. The molecule has 1 aromatic carbocycles. The van der Waals surface area contributed by atoms with Crippen LogP contribution in [0.3, 0.4) is 0 Å². The molecule has 0 saturated heterocycles. The topological polar surface area (TPSA) is 88.3 Å². The van der Waals surface area contributed by atoms with E-state index in [1.54, 1.807) is 0 Å². The number of hydrogen-bond donors (Lipinski definition) is 2. The lowest BCUT2D eigenvalue weighted by molar-refractivity contribution is -0.385. The van der Waals surface area contributed by atoms with Gasteiger partial charge in [-0.05, 0) is 18.6 Å². The molecule has 1 aromatic heterocycles. The molecule has 2 N–H and O–H groups in total. The van der Waals surface area contributed by atoms with Crippen LogP contribution in [0.5, 0.6) is 0 Å². The zero-order valence-electron chi connectivity index (χ0n) is 11.6. The largest absolute Gasteiger partial charge is 0.391 e. The van der Waals surface area contributed by atoms with Crippen LogP contribution in [0.15, 0.2) is 48.7 Å². The highest BCUT2D eigenvalue weighted by atomic mass is 16.6. The van der Waals surface area contributed by atoms with Gasteiger partial charge in [0.25, 0.3) is 5.69 Å². The van der Waals surface area contributed by atoms with Gasteiger partial charge in [0, 0.05) is 12.5 Å². The Hall–Kier alpha value is -2.47. The summed E-state index contributed by atoms with van der Waals surface area (Å²) in [5, 5.41) is 23.8. The molecule has 0 spiro atoms. The van der Waals surface area contributed by atoms with Crippen molar-refractivity contribution in [1.82, 2.24) is 4.98 Å². The minimum Gasteiger partial charge on any atom is -0.391 e. The summed E-state index contributed by atoms with van der Waals surface area (Å²) in [5.41, 5.74) is 0.994. The Kier molecular flexibility index (Phi) is 4.84. The molecule has 0 fully saturated rings. The van der Waals surface area contributed by atoms with Gasteiger partial charge in [0.05, 0.1) is 17.1 Å². The molecule has 0 aliphatic rings. The minimum atomic E-state index is -0.579. The van der Waals surface area contributed by atoms with E-state index in [1.807, 2.05) is 37.3 Å². The molecule has 0 bridgehead atoms. The highest BCUT2D eigenvalue weighted by Gasteiger charge is 2.15. The summed E-state index contributed by atoms with van der Waals surface area (Å²) in [6.07, 6.45) is 1.14. The van der Waals surface area contributed by atoms with Crippen LogP contribution < -0.4 is 5.32 Å². The fourth-order valence-electron chi connectivity index (χ4n) is 1.94. The van der Waals surface area contributed by atoms with Gasteiger partial charge in [0.2, 0.25) is 0 Å². The van der Waals surface area contributed by atoms with E-state index >= 15 is 0 Å². The van der Waals surface area contributed by atoms with Crippen LogP contribution in [0.4, 0.5) is 11.5 Å². The second-order valence-corrected chi connectivity index (χ2v) is 4.85. The first kappa shape index (κ1) is 14.9. The number of hydrogen-bond acceptors (Lipinski definition) is 5. The number of nitro groups is 1. The summed E-state index contributed by atoms with van der Waals surface area (Å²) >= 11 is 0. The third kappa shape index (κ3) is 4.25. The fraction of sp³-hybridized carbons (Fsp3) is 0.267. The van der Waals surface area contributed by atoms with Crippen molar-refractivity contribution in [2.45, 2.75) is 25.5 Å². The molecule has 2 aromatic rings. The van der Waals surface area contributed by atoms with Crippen molar-refractivity contribution in [1.29, 1.82) is 0 Å². The highest BCUT2D eigenvalue weighted by Crippen LogP contribution is 2.14. The Bertz CT molecular complexity index is 587. The van der Waals surface area contributed by atoms with E-state index in [2.05, 4.69) is 10.3 Å². The molecular weight excluding hydrogens is 270 g/mol. The summed E-state index contributed by atoms with van der Waals surface area (Å²) in [6, 6.07) is 12.4. The number of aliphatic hydroxyl groups excluding tert-OH is 1. The highest BCUT2D eigenvalue weighted by molar-refractivity contribution is 5.41. The van der Waals surface area contributed by atoms with Gasteiger partial charge in [0.15, 0.2) is 0 Å². The van der Waals surface area contributed by atoms with Crippen LogP contribution in [0.2, 0.25) is 0 Å². The first-order valence-electron chi connectivity index (χ1n) is 6.65. The lowest BCUT2D eigenvalue weighted by atomic mass is 10.0. The Labute approximate surface area is 122 Å². The zero-order chi connectivity index (χ0) is 15.2. The third-order valence-corrected chi connectivity index (χ3v) is 3.20. The molecular formula is C15H17N3O3. The predicted molar refractivity (Wildman–Crippen MR) is 80.1 cm³/mol. The summed E-state index contributed by atoms with van der Waals surface area (Å²) in [4.78, 5) is 14.0. The molecule has 6 heteroatoms. The summed E-state index contributed by atoms with van der Waals surface area (Å²) < 4.78 is 0. The van der Waals surface area contributed by atoms with E-state index in [0.29, 0.717) is 12.2 Å². The maximum Gasteiger partial charge on any atom is 0.287 e. The van der Waals surface area contributed by atoms with E-state index in [1.165, 1.54) is 18.3 Å². The first-order valence-corrected chi connectivity index (χ1v) is 6.65. The minimum absolute atomic E-state index is 0.0574. The fourth-order valence-corrected chi connectivity index (χ4v) is 1.94. The van der Waals surface area contributed by atoms with Gasteiger partial charge >= 0.3 is 0 Å². The lowest BCUT2D eigenvalue weighted by Gasteiger charge is -2.20. The van der Waals surface area contributed by atoms with Crippen molar-refractivity contribution in [2.24, 2.45) is 0 Å². The maximum atomic E-state index is 10.6. The molecule has 0 aliphatic carbocycles. The Morgan fingerprint density at radius 2 is 2.00 bits per heavy atom. The van der Waals surface area contributed by atoms with Crippen molar-refractivity contribution in [3.63, 3.8) is 0 Å². The molecule has 2 unspecified atom stereocenters. The number of pyridine rings is 1. The van der Waals surface area contributed by atoms with Crippen molar-refractivity contribution in [3.05, 3.63) is 64.3 Å². The molecule has 110 valence electrons. The van der Waals surface area contributed by atoms with Crippen LogP contribution in [0, 0.1) is 10.1 Å². The van der Waals surface area contributed by atoms with Crippen LogP contribution in [0.25, 0.3) is 0 Å². The van der Waals surface area contributed by atoms with Crippen LogP contribution in [0.1, 0.15) is 12.5 Å². The molecule has 2 rings (SSSR count). The summed E-state index contributed by atoms with van der Waals surface area (Å²) in [7, 11) is 0. The molecule has 0 amide bonds. The Balaban J connectivity index is 1.94. The molecule has 21 heavy (non-hydrogen) atoms. The van der Waals surface area contributed by atoms with Gasteiger partial charge in [-0.1, -0.05) is 30.3 Å². The Morgan fingerprint density at radius 3 is 2.57 bits per heavy atom. The van der Waals surface area contributed by atoms with Crippen molar-refractivity contribution >= 4 is 11.5 Å². The number of rotatable bonds is 6. The van der Waals surface area contributed by atoms with E-state index in [0.717, 1.165) is 5.56 Å². The van der Waals surface area contributed by atoms with E-state index in [9.17, 15) is 15.2 Å². The average molecular weight is 287 g/mol. The second-order valence-electron chi connectivity index (χ2n) is 4.85. The number of aliphatic hydroxyl groups is 1. The molecule has 6 nitrogen and oxygen atoms in total. The van der Waals surface area contributed by atoms with E-state index < -0.39 is 11.0 Å². The normalized spacial score (nSPS) is 13.4. The van der Waals surface area contributed by atoms with Crippen LogP contribution in [-0.4, -0.2) is 27.2 Å². The molecule has 1 heterocycles.